The van der Waals surface area contributed by atoms with E-state index in [-0.39, 0.29) is 0 Å². The number of benzene rings is 1. The number of ether oxygens (including phenoxy) is 1. The van der Waals surface area contributed by atoms with E-state index in [4.69, 9.17) is 10.5 Å². The number of hydrogen-bond acceptors (Lipinski definition) is 6. The molecule has 0 bridgehead atoms. The summed E-state index contributed by atoms with van der Waals surface area (Å²) in [7, 11) is 1.65. The lowest BCUT2D eigenvalue weighted by Crippen LogP contribution is -2.11. The topological polar surface area (TPSA) is 90.1 Å². The summed E-state index contributed by atoms with van der Waals surface area (Å²) in [6.45, 7) is 1.18. The van der Waals surface area contributed by atoms with Gasteiger partial charge in [0.1, 0.15) is 5.82 Å². The van der Waals surface area contributed by atoms with Crippen molar-refractivity contribution in [1.29, 1.82) is 0 Å². The van der Waals surface area contributed by atoms with Crippen molar-refractivity contribution < 1.29 is 9.53 Å². The molecule has 1 aromatic heterocycles. The molecule has 0 saturated carbocycles. The number of carbonyl (C=O) groups is 1. The first kappa shape index (κ1) is 14.4. The van der Waals surface area contributed by atoms with Crippen LogP contribution in [0, 0.1) is 0 Å². The summed E-state index contributed by atoms with van der Waals surface area (Å²) in [5.74, 6) is 0.342. The number of methoxy groups -OCH3 is 1. The van der Waals surface area contributed by atoms with Gasteiger partial charge in [0.15, 0.2) is 0 Å². The number of hydrogen-bond donors (Lipinski definition) is 2. The highest BCUT2D eigenvalue weighted by atomic mass is 32.1. The first-order chi connectivity index (χ1) is 9.69. The number of carbonyl (C=O) groups excluding carboxylic acids is 1. The Morgan fingerprint density at radius 3 is 3.10 bits per heavy atom. The Bertz CT molecular complexity index is 585. The summed E-state index contributed by atoms with van der Waals surface area (Å²) in [5.41, 5.74) is 6.72. The molecule has 0 spiro atoms. The first-order valence-corrected chi connectivity index (χ1v) is 6.90. The lowest BCUT2D eigenvalue weighted by molar-refractivity contribution is 0.1000. The fourth-order valence-electron chi connectivity index (χ4n) is 1.63. The molecule has 6 nitrogen and oxygen atoms in total. The maximum Gasteiger partial charge on any atom is 0.248 e. The molecule has 1 amide bonds. The number of primary amides is 1. The quantitative estimate of drug-likeness (QED) is 0.806. The molecule has 0 aliphatic rings. The third-order valence-corrected chi connectivity index (χ3v) is 3.36. The minimum Gasteiger partial charge on any atom is -0.384 e. The van der Waals surface area contributed by atoms with Crippen LogP contribution in [0.4, 0.5) is 5.13 Å². The molecular formula is C13H16N4O2S. The van der Waals surface area contributed by atoms with Gasteiger partial charge in [-0.1, -0.05) is 12.1 Å². The molecule has 2 aromatic rings. The zero-order chi connectivity index (χ0) is 14.4. The van der Waals surface area contributed by atoms with Gasteiger partial charge in [0, 0.05) is 37.2 Å². The summed E-state index contributed by atoms with van der Waals surface area (Å²) < 4.78 is 9.21. The summed E-state index contributed by atoms with van der Waals surface area (Å²) in [4.78, 5) is 15.4. The number of nitrogens with zero attached hydrogens (tertiary/aromatic N) is 2. The minimum atomic E-state index is -0.426. The summed E-state index contributed by atoms with van der Waals surface area (Å²) in [6.07, 6.45) is 0.700. The highest BCUT2D eigenvalue weighted by Gasteiger charge is 2.05. The van der Waals surface area contributed by atoms with Gasteiger partial charge in [0.25, 0.3) is 0 Å². The molecule has 0 unspecified atom stereocenters. The molecule has 1 heterocycles. The number of nitrogens with two attached hydrogens (primary N) is 1. The summed E-state index contributed by atoms with van der Waals surface area (Å²) >= 11 is 1.31. The van der Waals surface area contributed by atoms with Gasteiger partial charge >= 0.3 is 0 Å². The molecule has 7 heteroatoms. The third kappa shape index (κ3) is 4.01. The Morgan fingerprint density at radius 2 is 2.35 bits per heavy atom. The van der Waals surface area contributed by atoms with E-state index in [0.717, 1.165) is 16.5 Å². The molecule has 0 saturated heterocycles. The molecule has 0 aliphatic heterocycles. The lowest BCUT2D eigenvalue weighted by Gasteiger charge is -2.03. The van der Waals surface area contributed by atoms with Gasteiger partial charge in [0.2, 0.25) is 11.0 Å². The number of rotatable bonds is 7. The first-order valence-electron chi connectivity index (χ1n) is 6.13. The molecule has 0 fully saturated rings. The predicted octanol–water partition coefficient (Wildman–Crippen LogP) is 1.44. The number of amides is 1. The van der Waals surface area contributed by atoms with Gasteiger partial charge in [-0.05, 0) is 17.7 Å². The highest BCUT2D eigenvalue weighted by Crippen LogP contribution is 2.13. The monoisotopic (exact) mass is 292 g/mol. The van der Waals surface area contributed by atoms with Crippen molar-refractivity contribution in [3.8, 4) is 0 Å². The normalized spacial score (nSPS) is 10.4. The minimum absolute atomic E-state index is 0.426. The largest absolute Gasteiger partial charge is 0.384 e. The second-order valence-corrected chi connectivity index (χ2v) is 4.93. The fourth-order valence-corrected chi connectivity index (χ4v) is 2.24. The van der Waals surface area contributed by atoms with E-state index in [0.29, 0.717) is 25.1 Å². The Balaban J connectivity index is 1.93. The van der Waals surface area contributed by atoms with Crippen molar-refractivity contribution in [2.45, 2.75) is 13.0 Å². The van der Waals surface area contributed by atoms with Crippen LogP contribution in [0.5, 0.6) is 0 Å². The van der Waals surface area contributed by atoms with Crippen molar-refractivity contribution >= 4 is 22.6 Å². The second kappa shape index (κ2) is 6.97. The molecule has 106 valence electrons. The average molecular weight is 292 g/mol. The Kier molecular flexibility index (Phi) is 5.03. The van der Waals surface area contributed by atoms with Crippen LogP contribution < -0.4 is 11.1 Å². The van der Waals surface area contributed by atoms with Crippen LogP contribution in [0.1, 0.15) is 21.7 Å². The molecule has 0 atom stereocenters. The van der Waals surface area contributed by atoms with E-state index < -0.39 is 5.91 Å². The summed E-state index contributed by atoms with van der Waals surface area (Å²) in [5, 5.41) is 3.93. The van der Waals surface area contributed by atoms with Crippen molar-refractivity contribution in [2.75, 3.05) is 19.0 Å². The SMILES string of the molecule is COCCc1nsc(NCc2cccc(C(N)=O)c2)n1. The highest BCUT2D eigenvalue weighted by molar-refractivity contribution is 7.09. The fraction of sp³-hybridized carbons (Fsp3) is 0.308. The zero-order valence-electron chi connectivity index (χ0n) is 11.1. The van der Waals surface area contributed by atoms with E-state index in [1.54, 1.807) is 25.3 Å². The maximum atomic E-state index is 11.1. The van der Waals surface area contributed by atoms with Gasteiger partial charge in [-0.15, -0.1) is 0 Å². The van der Waals surface area contributed by atoms with Gasteiger partial charge in [-0.25, -0.2) is 4.98 Å². The standard InChI is InChI=1S/C13H16N4O2S/c1-19-6-5-11-16-13(20-17-11)15-8-9-3-2-4-10(7-9)12(14)18/h2-4,7H,5-6,8H2,1H3,(H2,14,18)(H,15,16,17). The Labute approximate surface area is 121 Å². The van der Waals surface area contributed by atoms with Gasteiger partial charge in [-0.3, -0.25) is 4.79 Å². The van der Waals surface area contributed by atoms with E-state index >= 15 is 0 Å². The molecule has 2 rings (SSSR count). The molecular weight excluding hydrogens is 276 g/mol. The maximum absolute atomic E-state index is 11.1. The second-order valence-electron chi connectivity index (χ2n) is 4.18. The number of aromatic nitrogens is 2. The molecule has 1 aromatic carbocycles. The van der Waals surface area contributed by atoms with Crippen molar-refractivity contribution in [1.82, 2.24) is 9.36 Å². The predicted molar refractivity (Wildman–Crippen MR) is 77.8 cm³/mol. The Morgan fingerprint density at radius 1 is 1.50 bits per heavy atom. The van der Waals surface area contributed by atoms with Crippen LogP contribution in [-0.2, 0) is 17.7 Å². The average Bonchev–Trinajstić information content (AvgIpc) is 2.91. The van der Waals surface area contributed by atoms with Crippen molar-refractivity contribution in [3.63, 3.8) is 0 Å². The third-order valence-electron chi connectivity index (χ3n) is 2.65. The van der Waals surface area contributed by atoms with E-state index in [9.17, 15) is 4.79 Å². The van der Waals surface area contributed by atoms with Gasteiger partial charge in [0.05, 0.1) is 6.61 Å². The number of nitrogens with one attached hydrogen (secondary N) is 1. The molecule has 0 radical (unpaired) electrons. The van der Waals surface area contributed by atoms with E-state index in [1.165, 1.54) is 11.5 Å². The Hall–Kier alpha value is -1.99. The van der Waals surface area contributed by atoms with Crippen LogP contribution in [0.3, 0.4) is 0 Å². The van der Waals surface area contributed by atoms with E-state index in [2.05, 4.69) is 14.7 Å². The van der Waals surface area contributed by atoms with Crippen LogP contribution in [0.15, 0.2) is 24.3 Å². The summed E-state index contributed by atoms with van der Waals surface area (Å²) in [6, 6.07) is 7.19. The zero-order valence-corrected chi connectivity index (χ0v) is 11.9. The number of anilines is 1. The van der Waals surface area contributed by atoms with Crippen molar-refractivity contribution in [3.05, 3.63) is 41.2 Å². The van der Waals surface area contributed by atoms with Gasteiger partial charge in [-0.2, -0.15) is 4.37 Å². The molecule has 3 N–H and O–H groups in total. The van der Waals surface area contributed by atoms with Gasteiger partial charge < -0.3 is 15.8 Å². The van der Waals surface area contributed by atoms with Crippen LogP contribution >= 0.6 is 11.5 Å². The van der Waals surface area contributed by atoms with Crippen molar-refractivity contribution in [2.24, 2.45) is 5.73 Å². The van der Waals surface area contributed by atoms with Crippen LogP contribution in [-0.4, -0.2) is 29.0 Å². The van der Waals surface area contributed by atoms with E-state index in [1.807, 2.05) is 6.07 Å². The van der Waals surface area contributed by atoms with Crippen LogP contribution in [0.2, 0.25) is 0 Å². The lowest BCUT2D eigenvalue weighted by atomic mass is 10.1. The molecule has 20 heavy (non-hydrogen) atoms. The van der Waals surface area contributed by atoms with Crippen LogP contribution in [0.25, 0.3) is 0 Å². The molecule has 0 aliphatic carbocycles. The smallest absolute Gasteiger partial charge is 0.248 e.